The number of aromatic amines is 1. The molecule has 3 aromatic rings. The van der Waals surface area contributed by atoms with Crippen LogP contribution < -0.4 is 4.74 Å². The average molecular weight is 363 g/mol. The number of amides is 1. The predicted octanol–water partition coefficient (Wildman–Crippen LogP) is 3.00. The first-order valence-electron chi connectivity index (χ1n) is 9.11. The summed E-state index contributed by atoms with van der Waals surface area (Å²) in [5.74, 6) is 1.99. The van der Waals surface area contributed by atoms with E-state index < -0.39 is 0 Å². The third-order valence-electron chi connectivity index (χ3n) is 4.69. The number of para-hydroxylation sites is 1. The Morgan fingerprint density at radius 2 is 1.96 bits per heavy atom. The molecule has 1 saturated heterocycles. The molecule has 27 heavy (non-hydrogen) atoms. The monoisotopic (exact) mass is 363 g/mol. The predicted molar refractivity (Wildman–Crippen MR) is 99.9 cm³/mol. The molecule has 0 aliphatic carbocycles. The molecule has 0 bridgehead atoms. The molecule has 1 aliphatic heterocycles. The minimum Gasteiger partial charge on any atom is -0.484 e. The number of carbonyl (C=O) groups excluding carboxylic acids is 1. The number of H-pyrrole nitrogens is 1. The van der Waals surface area contributed by atoms with Gasteiger partial charge in [-0.1, -0.05) is 18.2 Å². The Morgan fingerprint density at radius 3 is 2.78 bits per heavy atom. The highest BCUT2D eigenvalue weighted by molar-refractivity contribution is 5.78. The Morgan fingerprint density at radius 1 is 1.15 bits per heavy atom. The number of pyridine rings is 1. The average Bonchev–Trinajstić information content (AvgIpc) is 3.23. The van der Waals surface area contributed by atoms with Crippen molar-refractivity contribution in [3.05, 3.63) is 60.7 Å². The third-order valence-corrected chi connectivity index (χ3v) is 4.69. The number of likely N-dealkylation sites (tertiary alicyclic amines) is 1. The third kappa shape index (κ3) is 3.97. The molecule has 1 N–H and O–H groups in total. The summed E-state index contributed by atoms with van der Waals surface area (Å²) in [6, 6.07) is 13.0. The molecule has 1 atom stereocenters. The molecule has 0 spiro atoms. The highest BCUT2D eigenvalue weighted by Crippen LogP contribution is 2.30. The van der Waals surface area contributed by atoms with Gasteiger partial charge in [0.15, 0.2) is 12.4 Å². The minimum atomic E-state index is -0.103. The molecule has 1 amide bonds. The topological polar surface area (TPSA) is 84.0 Å². The molecular formula is C20H21N5O2. The normalized spacial score (nSPS) is 16.9. The summed E-state index contributed by atoms with van der Waals surface area (Å²) in [6.07, 6.45) is 6.33. The Hall–Kier alpha value is -3.22. The van der Waals surface area contributed by atoms with Gasteiger partial charge in [-0.2, -0.15) is 5.10 Å². The fourth-order valence-corrected chi connectivity index (χ4v) is 3.31. The van der Waals surface area contributed by atoms with Gasteiger partial charge in [0.1, 0.15) is 11.6 Å². The van der Waals surface area contributed by atoms with Crippen LogP contribution in [-0.4, -0.2) is 44.1 Å². The Kier molecular flexibility index (Phi) is 5.09. The summed E-state index contributed by atoms with van der Waals surface area (Å²) in [6.45, 7) is 0.721. The van der Waals surface area contributed by atoms with E-state index in [-0.39, 0.29) is 18.6 Å². The minimum absolute atomic E-state index is 0.0197. The number of aromatic nitrogens is 4. The maximum absolute atomic E-state index is 12.8. The molecular weight excluding hydrogens is 342 g/mol. The van der Waals surface area contributed by atoms with E-state index >= 15 is 0 Å². The zero-order valence-corrected chi connectivity index (χ0v) is 14.9. The molecule has 3 heterocycles. The summed E-state index contributed by atoms with van der Waals surface area (Å²) in [7, 11) is 0. The van der Waals surface area contributed by atoms with E-state index in [0.29, 0.717) is 18.1 Å². The van der Waals surface area contributed by atoms with Gasteiger partial charge in [0.2, 0.25) is 0 Å². The van der Waals surface area contributed by atoms with Crippen molar-refractivity contribution in [1.82, 2.24) is 25.1 Å². The molecule has 138 valence electrons. The number of ether oxygens (including phenoxy) is 1. The van der Waals surface area contributed by atoms with Crippen LogP contribution in [0.4, 0.5) is 0 Å². The van der Waals surface area contributed by atoms with E-state index in [9.17, 15) is 4.79 Å². The molecule has 0 saturated carbocycles. The second-order valence-corrected chi connectivity index (χ2v) is 6.48. The Bertz CT molecular complexity index is 882. The zero-order valence-electron chi connectivity index (χ0n) is 14.9. The SMILES string of the molecule is O=C(COc1ccccc1)N1CCCCC1c1nc(-c2ccncc2)n[nH]1. The molecule has 1 fully saturated rings. The van der Waals surface area contributed by atoms with Crippen molar-refractivity contribution in [2.75, 3.05) is 13.2 Å². The van der Waals surface area contributed by atoms with Crippen LogP contribution in [0.2, 0.25) is 0 Å². The van der Waals surface area contributed by atoms with Crippen LogP contribution in [0.1, 0.15) is 31.1 Å². The van der Waals surface area contributed by atoms with Gasteiger partial charge in [0.25, 0.3) is 5.91 Å². The van der Waals surface area contributed by atoms with Crippen molar-refractivity contribution in [3.63, 3.8) is 0 Å². The highest BCUT2D eigenvalue weighted by atomic mass is 16.5. The summed E-state index contributed by atoms with van der Waals surface area (Å²) < 4.78 is 5.64. The number of carbonyl (C=O) groups is 1. The lowest BCUT2D eigenvalue weighted by molar-refractivity contribution is -0.137. The molecule has 7 heteroatoms. The molecule has 1 aliphatic rings. The van der Waals surface area contributed by atoms with Gasteiger partial charge in [-0.05, 0) is 43.5 Å². The number of hydrogen-bond acceptors (Lipinski definition) is 5. The van der Waals surface area contributed by atoms with E-state index in [1.807, 2.05) is 47.4 Å². The van der Waals surface area contributed by atoms with E-state index in [4.69, 9.17) is 4.74 Å². The van der Waals surface area contributed by atoms with Crippen LogP contribution in [0.25, 0.3) is 11.4 Å². The molecule has 0 radical (unpaired) electrons. The van der Waals surface area contributed by atoms with Crippen LogP contribution >= 0.6 is 0 Å². The lowest BCUT2D eigenvalue weighted by atomic mass is 10.0. The van der Waals surface area contributed by atoms with Crippen LogP contribution in [0, 0.1) is 0 Å². The molecule has 1 unspecified atom stereocenters. The number of rotatable bonds is 5. The summed E-state index contributed by atoms with van der Waals surface area (Å²) in [4.78, 5) is 23.3. The van der Waals surface area contributed by atoms with Crippen molar-refractivity contribution in [3.8, 4) is 17.1 Å². The first-order valence-corrected chi connectivity index (χ1v) is 9.11. The van der Waals surface area contributed by atoms with E-state index in [0.717, 1.165) is 30.7 Å². The maximum Gasteiger partial charge on any atom is 0.261 e. The van der Waals surface area contributed by atoms with Crippen molar-refractivity contribution in [1.29, 1.82) is 0 Å². The lowest BCUT2D eigenvalue weighted by Crippen LogP contribution is -2.41. The summed E-state index contributed by atoms with van der Waals surface area (Å²) in [5, 5.41) is 7.33. The Balaban J connectivity index is 1.47. The quantitative estimate of drug-likeness (QED) is 0.753. The number of nitrogens with one attached hydrogen (secondary N) is 1. The second kappa shape index (κ2) is 7.99. The van der Waals surface area contributed by atoms with E-state index in [2.05, 4.69) is 20.2 Å². The maximum atomic E-state index is 12.8. The summed E-state index contributed by atoms with van der Waals surface area (Å²) in [5.41, 5.74) is 0.897. The van der Waals surface area contributed by atoms with Crippen molar-refractivity contribution < 1.29 is 9.53 Å². The second-order valence-electron chi connectivity index (χ2n) is 6.48. The van der Waals surface area contributed by atoms with E-state index in [1.165, 1.54) is 0 Å². The van der Waals surface area contributed by atoms with Crippen LogP contribution in [0.15, 0.2) is 54.9 Å². The number of piperidine rings is 1. The number of hydrogen-bond donors (Lipinski definition) is 1. The van der Waals surface area contributed by atoms with Gasteiger partial charge in [-0.3, -0.25) is 14.9 Å². The fraction of sp³-hybridized carbons (Fsp3) is 0.300. The van der Waals surface area contributed by atoms with Gasteiger partial charge in [-0.15, -0.1) is 0 Å². The Labute approximate surface area is 157 Å². The van der Waals surface area contributed by atoms with Crippen molar-refractivity contribution >= 4 is 5.91 Å². The molecule has 4 rings (SSSR count). The van der Waals surface area contributed by atoms with E-state index in [1.54, 1.807) is 12.4 Å². The fourth-order valence-electron chi connectivity index (χ4n) is 3.31. The largest absolute Gasteiger partial charge is 0.484 e. The van der Waals surface area contributed by atoms with Gasteiger partial charge in [-0.25, -0.2) is 4.98 Å². The lowest BCUT2D eigenvalue weighted by Gasteiger charge is -2.34. The molecule has 2 aromatic heterocycles. The number of nitrogens with zero attached hydrogens (tertiary/aromatic N) is 4. The van der Waals surface area contributed by atoms with Gasteiger partial charge >= 0.3 is 0 Å². The molecule has 7 nitrogen and oxygen atoms in total. The zero-order chi connectivity index (χ0) is 18.5. The first-order chi connectivity index (χ1) is 13.3. The standard InChI is InChI=1S/C20H21N5O2/c26-18(14-27-16-6-2-1-3-7-16)25-13-5-4-8-17(25)20-22-19(23-24-20)15-9-11-21-12-10-15/h1-3,6-7,9-12,17H,4-5,8,13-14H2,(H,22,23,24). The van der Waals surface area contributed by atoms with Gasteiger partial charge in [0.05, 0.1) is 6.04 Å². The summed E-state index contributed by atoms with van der Waals surface area (Å²) >= 11 is 0. The van der Waals surface area contributed by atoms with Crippen LogP contribution in [0.3, 0.4) is 0 Å². The van der Waals surface area contributed by atoms with Crippen LogP contribution in [0.5, 0.6) is 5.75 Å². The number of benzene rings is 1. The smallest absolute Gasteiger partial charge is 0.261 e. The van der Waals surface area contributed by atoms with Crippen LogP contribution in [-0.2, 0) is 4.79 Å². The highest BCUT2D eigenvalue weighted by Gasteiger charge is 2.30. The first kappa shape index (κ1) is 17.2. The van der Waals surface area contributed by atoms with Gasteiger partial charge in [0, 0.05) is 24.5 Å². The van der Waals surface area contributed by atoms with Gasteiger partial charge < -0.3 is 9.64 Å². The van der Waals surface area contributed by atoms with Crippen molar-refractivity contribution in [2.24, 2.45) is 0 Å². The van der Waals surface area contributed by atoms with Crippen molar-refractivity contribution in [2.45, 2.75) is 25.3 Å². The molecule has 1 aromatic carbocycles.